The molecule has 0 fully saturated rings. The Kier molecular flexibility index (Phi) is 3.72. The SMILES string of the molecule is Cc1ccc(Br)cc1NCc1cc(C(=O)O)co1. The second-order valence-electron chi connectivity index (χ2n) is 3.92. The summed E-state index contributed by atoms with van der Waals surface area (Å²) in [6.07, 6.45) is 1.24. The molecule has 2 N–H and O–H groups in total. The van der Waals surface area contributed by atoms with Crippen molar-refractivity contribution in [3.05, 3.63) is 51.9 Å². The Morgan fingerprint density at radius 2 is 2.22 bits per heavy atom. The average molecular weight is 310 g/mol. The van der Waals surface area contributed by atoms with Gasteiger partial charge in [0.1, 0.15) is 12.0 Å². The van der Waals surface area contributed by atoms with E-state index in [0.29, 0.717) is 12.3 Å². The first-order valence-corrected chi connectivity index (χ1v) is 6.16. The highest BCUT2D eigenvalue weighted by molar-refractivity contribution is 9.10. The first-order chi connectivity index (χ1) is 8.56. The summed E-state index contributed by atoms with van der Waals surface area (Å²) >= 11 is 3.40. The van der Waals surface area contributed by atoms with Crippen LogP contribution in [-0.4, -0.2) is 11.1 Å². The Hall–Kier alpha value is -1.75. The van der Waals surface area contributed by atoms with Crippen molar-refractivity contribution in [3.63, 3.8) is 0 Å². The van der Waals surface area contributed by atoms with Gasteiger partial charge in [-0.25, -0.2) is 4.79 Å². The maximum Gasteiger partial charge on any atom is 0.338 e. The lowest BCUT2D eigenvalue weighted by Gasteiger charge is -2.08. The molecule has 1 heterocycles. The highest BCUT2D eigenvalue weighted by Crippen LogP contribution is 2.21. The molecule has 2 rings (SSSR count). The van der Waals surface area contributed by atoms with Crippen LogP contribution in [0.1, 0.15) is 21.7 Å². The van der Waals surface area contributed by atoms with E-state index in [2.05, 4.69) is 21.2 Å². The van der Waals surface area contributed by atoms with E-state index >= 15 is 0 Å². The fraction of sp³-hybridized carbons (Fsp3) is 0.154. The van der Waals surface area contributed by atoms with E-state index in [4.69, 9.17) is 9.52 Å². The van der Waals surface area contributed by atoms with Gasteiger partial charge in [0, 0.05) is 10.2 Å². The number of anilines is 1. The molecule has 5 heteroatoms. The van der Waals surface area contributed by atoms with Gasteiger partial charge in [0.25, 0.3) is 0 Å². The lowest BCUT2D eigenvalue weighted by atomic mass is 10.2. The van der Waals surface area contributed by atoms with E-state index in [9.17, 15) is 4.79 Å². The normalized spacial score (nSPS) is 10.3. The van der Waals surface area contributed by atoms with E-state index < -0.39 is 5.97 Å². The van der Waals surface area contributed by atoms with Crippen molar-refractivity contribution in [2.45, 2.75) is 13.5 Å². The van der Waals surface area contributed by atoms with Crippen molar-refractivity contribution < 1.29 is 14.3 Å². The van der Waals surface area contributed by atoms with Crippen LogP contribution < -0.4 is 5.32 Å². The summed E-state index contributed by atoms with van der Waals surface area (Å²) in [4.78, 5) is 10.7. The minimum Gasteiger partial charge on any atom is -0.478 e. The van der Waals surface area contributed by atoms with Crippen LogP contribution in [0.2, 0.25) is 0 Å². The van der Waals surface area contributed by atoms with Crippen LogP contribution >= 0.6 is 15.9 Å². The molecule has 0 atom stereocenters. The Morgan fingerprint density at radius 3 is 2.89 bits per heavy atom. The number of halogens is 1. The predicted molar refractivity (Wildman–Crippen MR) is 71.9 cm³/mol. The van der Waals surface area contributed by atoms with E-state index in [0.717, 1.165) is 15.7 Å². The summed E-state index contributed by atoms with van der Waals surface area (Å²) in [7, 11) is 0. The number of aromatic carboxylic acids is 1. The van der Waals surface area contributed by atoms with Gasteiger partial charge in [-0.3, -0.25) is 0 Å². The van der Waals surface area contributed by atoms with Gasteiger partial charge in [0.15, 0.2) is 0 Å². The number of carbonyl (C=O) groups is 1. The zero-order valence-corrected chi connectivity index (χ0v) is 11.3. The zero-order chi connectivity index (χ0) is 13.1. The van der Waals surface area contributed by atoms with Crippen molar-refractivity contribution in [1.29, 1.82) is 0 Å². The average Bonchev–Trinajstić information content (AvgIpc) is 2.79. The van der Waals surface area contributed by atoms with Crippen LogP contribution in [0.25, 0.3) is 0 Å². The molecular weight excluding hydrogens is 298 g/mol. The first-order valence-electron chi connectivity index (χ1n) is 5.37. The van der Waals surface area contributed by atoms with Crippen LogP contribution in [-0.2, 0) is 6.54 Å². The summed E-state index contributed by atoms with van der Waals surface area (Å²) in [6.45, 7) is 2.45. The number of furan rings is 1. The molecule has 0 aliphatic heterocycles. The fourth-order valence-corrected chi connectivity index (χ4v) is 1.91. The van der Waals surface area contributed by atoms with Gasteiger partial charge < -0.3 is 14.8 Å². The van der Waals surface area contributed by atoms with Crippen molar-refractivity contribution in [1.82, 2.24) is 0 Å². The molecule has 0 aliphatic carbocycles. The molecule has 4 nitrogen and oxygen atoms in total. The molecule has 0 spiro atoms. The van der Waals surface area contributed by atoms with E-state index in [-0.39, 0.29) is 5.56 Å². The van der Waals surface area contributed by atoms with Crippen LogP contribution in [0.4, 0.5) is 5.69 Å². The van der Waals surface area contributed by atoms with Crippen LogP contribution in [0.5, 0.6) is 0 Å². The maximum absolute atomic E-state index is 10.7. The van der Waals surface area contributed by atoms with E-state index in [1.54, 1.807) is 0 Å². The summed E-state index contributed by atoms with van der Waals surface area (Å²) < 4.78 is 6.15. The molecule has 18 heavy (non-hydrogen) atoms. The Bertz CT molecular complexity index is 577. The van der Waals surface area contributed by atoms with Crippen LogP contribution in [0, 0.1) is 6.92 Å². The minimum atomic E-state index is -0.983. The summed E-state index contributed by atoms with van der Waals surface area (Å²) in [6, 6.07) is 7.45. The molecule has 1 aromatic carbocycles. The second kappa shape index (κ2) is 5.27. The number of benzene rings is 1. The number of nitrogens with one attached hydrogen (secondary N) is 1. The number of carboxylic acids is 1. The zero-order valence-electron chi connectivity index (χ0n) is 9.74. The second-order valence-corrected chi connectivity index (χ2v) is 4.84. The molecule has 0 bridgehead atoms. The largest absolute Gasteiger partial charge is 0.478 e. The van der Waals surface area contributed by atoms with Crippen molar-refractivity contribution in [2.24, 2.45) is 0 Å². The molecule has 94 valence electrons. The van der Waals surface area contributed by atoms with Gasteiger partial charge in [-0.1, -0.05) is 22.0 Å². The molecule has 0 aliphatic rings. The van der Waals surface area contributed by atoms with E-state index in [1.165, 1.54) is 12.3 Å². The first kappa shape index (κ1) is 12.7. The number of carboxylic acid groups (broad SMARTS) is 1. The summed E-state index contributed by atoms with van der Waals surface area (Å²) in [5.74, 6) is -0.393. The maximum atomic E-state index is 10.7. The Balaban J connectivity index is 2.06. The summed E-state index contributed by atoms with van der Waals surface area (Å²) in [5.41, 5.74) is 2.26. The molecule has 0 radical (unpaired) electrons. The predicted octanol–water partition coefficient (Wildman–Crippen LogP) is 3.66. The quantitative estimate of drug-likeness (QED) is 0.904. The van der Waals surface area contributed by atoms with Gasteiger partial charge in [0.2, 0.25) is 0 Å². The van der Waals surface area contributed by atoms with Gasteiger partial charge in [0.05, 0.1) is 12.1 Å². The summed E-state index contributed by atoms with van der Waals surface area (Å²) in [5, 5.41) is 12.0. The van der Waals surface area contributed by atoms with Gasteiger partial charge in [-0.2, -0.15) is 0 Å². The van der Waals surface area contributed by atoms with Crippen molar-refractivity contribution >= 4 is 27.6 Å². The molecule has 0 saturated heterocycles. The topological polar surface area (TPSA) is 62.5 Å². The monoisotopic (exact) mass is 309 g/mol. The Morgan fingerprint density at radius 1 is 1.44 bits per heavy atom. The third-order valence-corrected chi connectivity index (χ3v) is 3.05. The molecule has 0 saturated carbocycles. The lowest BCUT2D eigenvalue weighted by molar-refractivity contribution is 0.0696. The number of aryl methyl sites for hydroxylation is 1. The smallest absolute Gasteiger partial charge is 0.338 e. The molecule has 0 amide bonds. The van der Waals surface area contributed by atoms with Crippen molar-refractivity contribution in [3.8, 4) is 0 Å². The lowest BCUT2D eigenvalue weighted by Crippen LogP contribution is -2.00. The highest BCUT2D eigenvalue weighted by Gasteiger charge is 2.08. The Labute approximate surface area is 113 Å². The van der Waals surface area contributed by atoms with Gasteiger partial charge in [-0.05, 0) is 30.7 Å². The minimum absolute atomic E-state index is 0.165. The van der Waals surface area contributed by atoms with Gasteiger partial charge in [-0.15, -0.1) is 0 Å². The molecule has 1 aromatic heterocycles. The fourth-order valence-electron chi connectivity index (χ4n) is 1.55. The number of hydrogen-bond acceptors (Lipinski definition) is 3. The molecule has 0 unspecified atom stereocenters. The molecule has 2 aromatic rings. The third-order valence-electron chi connectivity index (χ3n) is 2.55. The number of rotatable bonds is 4. The van der Waals surface area contributed by atoms with Crippen LogP contribution in [0.3, 0.4) is 0 Å². The number of hydrogen-bond donors (Lipinski definition) is 2. The van der Waals surface area contributed by atoms with Crippen molar-refractivity contribution in [2.75, 3.05) is 5.32 Å². The third kappa shape index (κ3) is 2.92. The van der Waals surface area contributed by atoms with Gasteiger partial charge >= 0.3 is 5.97 Å². The molecular formula is C13H12BrNO3. The van der Waals surface area contributed by atoms with Crippen LogP contribution in [0.15, 0.2) is 39.4 Å². The van der Waals surface area contributed by atoms with E-state index in [1.807, 2.05) is 25.1 Å². The highest BCUT2D eigenvalue weighted by atomic mass is 79.9. The standard InChI is InChI=1S/C13H12BrNO3/c1-8-2-3-10(14)5-12(8)15-6-11-4-9(7-18-11)13(16)17/h2-5,7,15H,6H2,1H3,(H,16,17).